The lowest BCUT2D eigenvalue weighted by Gasteiger charge is -2.07. The van der Waals surface area contributed by atoms with Gasteiger partial charge in [-0.3, -0.25) is 0 Å². The summed E-state index contributed by atoms with van der Waals surface area (Å²) in [5.41, 5.74) is 1.26. The quantitative estimate of drug-likeness (QED) is 0.735. The van der Waals surface area contributed by atoms with Crippen molar-refractivity contribution in [2.75, 3.05) is 13.2 Å². The van der Waals surface area contributed by atoms with Crippen LogP contribution in [-0.4, -0.2) is 22.8 Å². The largest absolute Gasteiger partial charge is 0.381 e. The SMILES string of the molecule is Cn1c(C2CCOC2)cnc1Br. The number of hydrogen-bond acceptors (Lipinski definition) is 2. The molecule has 0 radical (unpaired) electrons. The van der Waals surface area contributed by atoms with E-state index < -0.39 is 0 Å². The molecule has 0 saturated carbocycles. The fourth-order valence-electron chi connectivity index (χ4n) is 1.55. The number of halogens is 1. The summed E-state index contributed by atoms with van der Waals surface area (Å²) >= 11 is 3.37. The zero-order valence-corrected chi connectivity index (χ0v) is 8.54. The zero-order chi connectivity index (χ0) is 8.55. The van der Waals surface area contributed by atoms with Gasteiger partial charge in [0.2, 0.25) is 0 Å². The van der Waals surface area contributed by atoms with Gasteiger partial charge in [-0.25, -0.2) is 4.98 Å². The molecule has 2 heterocycles. The molecule has 0 bridgehead atoms. The van der Waals surface area contributed by atoms with E-state index in [9.17, 15) is 0 Å². The Morgan fingerprint density at radius 1 is 1.75 bits per heavy atom. The third kappa shape index (κ3) is 1.29. The molecule has 0 spiro atoms. The first-order valence-corrected chi connectivity index (χ1v) is 4.83. The first-order valence-electron chi connectivity index (χ1n) is 4.04. The molecule has 1 fully saturated rings. The van der Waals surface area contributed by atoms with Gasteiger partial charge in [-0.1, -0.05) is 0 Å². The summed E-state index contributed by atoms with van der Waals surface area (Å²) in [6.45, 7) is 1.72. The molecule has 1 aromatic heterocycles. The van der Waals surface area contributed by atoms with Crippen LogP contribution >= 0.6 is 15.9 Å². The van der Waals surface area contributed by atoms with Crippen molar-refractivity contribution < 1.29 is 4.74 Å². The summed E-state index contributed by atoms with van der Waals surface area (Å²) in [4.78, 5) is 4.18. The highest BCUT2D eigenvalue weighted by atomic mass is 79.9. The van der Waals surface area contributed by atoms with Gasteiger partial charge >= 0.3 is 0 Å². The van der Waals surface area contributed by atoms with Crippen molar-refractivity contribution in [2.45, 2.75) is 12.3 Å². The Morgan fingerprint density at radius 3 is 3.08 bits per heavy atom. The minimum absolute atomic E-state index is 0.536. The number of hydrogen-bond donors (Lipinski definition) is 0. The zero-order valence-electron chi connectivity index (χ0n) is 6.96. The molecule has 0 N–H and O–H groups in total. The number of rotatable bonds is 1. The lowest BCUT2D eigenvalue weighted by Crippen LogP contribution is -2.04. The highest BCUT2D eigenvalue weighted by Gasteiger charge is 2.21. The summed E-state index contributed by atoms with van der Waals surface area (Å²) in [5.74, 6) is 0.536. The highest BCUT2D eigenvalue weighted by molar-refractivity contribution is 9.10. The van der Waals surface area contributed by atoms with Crippen LogP contribution in [0.5, 0.6) is 0 Å². The van der Waals surface area contributed by atoms with E-state index in [1.54, 1.807) is 0 Å². The van der Waals surface area contributed by atoms with Crippen LogP contribution in [0, 0.1) is 0 Å². The van der Waals surface area contributed by atoms with Crippen LogP contribution in [0.3, 0.4) is 0 Å². The molecule has 1 aromatic rings. The predicted molar refractivity (Wildman–Crippen MR) is 49.1 cm³/mol. The van der Waals surface area contributed by atoms with Crippen LogP contribution < -0.4 is 0 Å². The molecule has 1 aliphatic heterocycles. The summed E-state index contributed by atoms with van der Waals surface area (Å²) in [6, 6.07) is 0. The molecule has 3 nitrogen and oxygen atoms in total. The van der Waals surface area contributed by atoms with Crippen molar-refractivity contribution in [1.82, 2.24) is 9.55 Å². The van der Waals surface area contributed by atoms with Gasteiger partial charge in [-0.05, 0) is 22.4 Å². The molecule has 66 valence electrons. The number of aromatic nitrogens is 2. The van der Waals surface area contributed by atoms with Crippen LogP contribution in [0.25, 0.3) is 0 Å². The molecule has 2 rings (SSSR count). The molecule has 0 amide bonds. The maximum atomic E-state index is 5.32. The van der Waals surface area contributed by atoms with Gasteiger partial charge in [0.25, 0.3) is 0 Å². The summed E-state index contributed by atoms with van der Waals surface area (Å²) in [6.07, 6.45) is 3.04. The maximum Gasteiger partial charge on any atom is 0.177 e. The topological polar surface area (TPSA) is 27.1 Å². The Bertz CT molecular complexity index is 279. The molecule has 1 saturated heterocycles. The van der Waals surface area contributed by atoms with E-state index in [0.717, 1.165) is 24.4 Å². The second-order valence-electron chi connectivity index (χ2n) is 3.07. The standard InChI is InChI=1S/C8H11BrN2O/c1-11-7(4-10-8(11)9)6-2-3-12-5-6/h4,6H,2-3,5H2,1H3. The molecule has 0 aliphatic carbocycles. The average Bonchev–Trinajstić information content (AvgIpc) is 2.64. The normalized spacial score (nSPS) is 23.3. The van der Waals surface area contributed by atoms with E-state index in [-0.39, 0.29) is 0 Å². The van der Waals surface area contributed by atoms with E-state index in [2.05, 4.69) is 25.5 Å². The van der Waals surface area contributed by atoms with Crippen molar-refractivity contribution in [3.8, 4) is 0 Å². The fraction of sp³-hybridized carbons (Fsp3) is 0.625. The Balaban J connectivity index is 2.26. The van der Waals surface area contributed by atoms with Crippen molar-refractivity contribution in [2.24, 2.45) is 7.05 Å². The van der Waals surface area contributed by atoms with Crippen LogP contribution in [0.15, 0.2) is 10.9 Å². The van der Waals surface area contributed by atoms with Gasteiger partial charge in [0.15, 0.2) is 4.73 Å². The number of imidazole rings is 1. The average molecular weight is 231 g/mol. The maximum absolute atomic E-state index is 5.32. The summed E-state index contributed by atoms with van der Waals surface area (Å²) in [5, 5.41) is 0. The second-order valence-corrected chi connectivity index (χ2v) is 3.78. The Morgan fingerprint density at radius 2 is 2.58 bits per heavy atom. The van der Waals surface area contributed by atoms with Gasteiger partial charge in [0.1, 0.15) is 0 Å². The second kappa shape index (κ2) is 3.18. The first-order chi connectivity index (χ1) is 5.79. The van der Waals surface area contributed by atoms with E-state index in [1.165, 1.54) is 5.69 Å². The Kier molecular flexibility index (Phi) is 2.19. The molecular weight excluding hydrogens is 220 g/mol. The van der Waals surface area contributed by atoms with Crippen molar-refractivity contribution in [3.63, 3.8) is 0 Å². The summed E-state index contributed by atoms with van der Waals surface area (Å²) in [7, 11) is 2.02. The van der Waals surface area contributed by atoms with Crippen molar-refractivity contribution in [1.29, 1.82) is 0 Å². The summed E-state index contributed by atoms with van der Waals surface area (Å²) < 4.78 is 8.28. The smallest absolute Gasteiger partial charge is 0.177 e. The molecule has 0 aromatic carbocycles. The van der Waals surface area contributed by atoms with Crippen molar-refractivity contribution in [3.05, 3.63) is 16.6 Å². The molecule has 4 heteroatoms. The fourth-order valence-corrected chi connectivity index (χ4v) is 1.85. The number of nitrogens with zero attached hydrogens (tertiary/aromatic N) is 2. The van der Waals surface area contributed by atoms with Gasteiger partial charge < -0.3 is 9.30 Å². The van der Waals surface area contributed by atoms with Gasteiger partial charge in [0.05, 0.1) is 6.61 Å². The molecule has 1 atom stereocenters. The number of ether oxygens (including phenoxy) is 1. The van der Waals surface area contributed by atoms with E-state index in [0.29, 0.717) is 5.92 Å². The van der Waals surface area contributed by atoms with Crippen molar-refractivity contribution >= 4 is 15.9 Å². The minimum Gasteiger partial charge on any atom is -0.381 e. The predicted octanol–water partition coefficient (Wildman–Crippen LogP) is 1.69. The lowest BCUT2D eigenvalue weighted by molar-refractivity contribution is 0.193. The van der Waals surface area contributed by atoms with E-state index in [1.807, 2.05) is 13.2 Å². The Labute approximate surface area is 79.9 Å². The lowest BCUT2D eigenvalue weighted by atomic mass is 10.1. The third-order valence-electron chi connectivity index (χ3n) is 2.32. The van der Waals surface area contributed by atoms with Crippen LogP contribution in [-0.2, 0) is 11.8 Å². The molecule has 1 unspecified atom stereocenters. The minimum atomic E-state index is 0.536. The monoisotopic (exact) mass is 230 g/mol. The Hall–Kier alpha value is -0.350. The molecule has 1 aliphatic rings. The third-order valence-corrected chi connectivity index (χ3v) is 3.05. The van der Waals surface area contributed by atoms with Gasteiger partial charge in [-0.15, -0.1) is 0 Å². The highest BCUT2D eigenvalue weighted by Crippen LogP contribution is 2.26. The molecular formula is C8H11BrN2O. The molecule has 12 heavy (non-hydrogen) atoms. The van der Waals surface area contributed by atoms with Crippen LogP contribution in [0.4, 0.5) is 0 Å². The van der Waals surface area contributed by atoms with Gasteiger partial charge in [0, 0.05) is 31.5 Å². The van der Waals surface area contributed by atoms with Crippen LogP contribution in [0.2, 0.25) is 0 Å². The van der Waals surface area contributed by atoms with E-state index in [4.69, 9.17) is 4.74 Å². The van der Waals surface area contributed by atoms with Gasteiger partial charge in [-0.2, -0.15) is 0 Å². The van der Waals surface area contributed by atoms with E-state index >= 15 is 0 Å². The van der Waals surface area contributed by atoms with Crippen LogP contribution in [0.1, 0.15) is 18.0 Å². The first kappa shape index (κ1) is 8.26.